The Balaban J connectivity index is 1.30. The van der Waals surface area contributed by atoms with Gasteiger partial charge in [0.15, 0.2) is 0 Å². The molecule has 1 saturated heterocycles. The summed E-state index contributed by atoms with van der Waals surface area (Å²) in [6, 6.07) is 23.4. The number of rotatable bonds is 10. The van der Waals surface area contributed by atoms with E-state index in [9.17, 15) is 9.59 Å². The van der Waals surface area contributed by atoms with Crippen LogP contribution in [0.2, 0.25) is 5.02 Å². The lowest BCUT2D eigenvalue weighted by molar-refractivity contribution is -0.142. The molecule has 2 aliphatic heterocycles. The number of benzene rings is 3. The number of nitrogens with zero attached hydrogens (tertiary/aromatic N) is 1. The molecular weight excluding hydrogens is 540 g/mol. The SMILES string of the molecule is COc1ccccc1CC(=O)OCC1=C(c2ccc(CCOc3cccc(Cl)c3)cc2)C[C@@H]2CN(C(C)=O)C[C@H]1N2. The van der Waals surface area contributed by atoms with Gasteiger partial charge in [-0.05, 0) is 53.0 Å². The number of hydrogen-bond acceptors (Lipinski definition) is 6. The number of halogens is 1. The van der Waals surface area contributed by atoms with Crippen molar-refractivity contribution in [3.63, 3.8) is 0 Å². The number of ether oxygens (including phenoxy) is 3. The Morgan fingerprint density at radius 2 is 1.83 bits per heavy atom. The van der Waals surface area contributed by atoms with Gasteiger partial charge in [-0.15, -0.1) is 0 Å². The summed E-state index contributed by atoms with van der Waals surface area (Å²) < 4.78 is 17.1. The topological polar surface area (TPSA) is 77.1 Å². The van der Waals surface area contributed by atoms with E-state index >= 15 is 0 Å². The van der Waals surface area contributed by atoms with Crippen molar-refractivity contribution in [3.05, 3.63) is 100 Å². The van der Waals surface area contributed by atoms with Gasteiger partial charge >= 0.3 is 5.97 Å². The quantitative estimate of drug-likeness (QED) is 0.339. The number of carbonyl (C=O) groups is 2. The Morgan fingerprint density at radius 1 is 1.02 bits per heavy atom. The number of piperazine rings is 1. The highest BCUT2D eigenvalue weighted by Gasteiger charge is 2.36. The predicted molar refractivity (Wildman–Crippen MR) is 159 cm³/mol. The van der Waals surface area contributed by atoms with Crippen LogP contribution in [0.4, 0.5) is 0 Å². The number of carbonyl (C=O) groups excluding carboxylic acids is 2. The lowest BCUT2D eigenvalue weighted by atomic mass is 9.83. The molecule has 1 amide bonds. The first-order chi connectivity index (χ1) is 19.9. The number of methoxy groups -OCH3 is 1. The monoisotopic (exact) mass is 574 g/mol. The summed E-state index contributed by atoms with van der Waals surface area (Å²) >= 11 is 6.05. The van der Waals surface area contributed by atoms with Crippen LogP contribution in [-0.4, -0.2) is 62.3 Å². The van der Waals surface area contributed by atoms with E-state index in [1.165, 1.54) is 5.57 Å². The fourth-order valence-corrected chi connectivity index (χ4v) is 5.73. The van der Waals surface area contributed by atoms with Crippen LogP contribution in [0, 0.1) is 0 Å². The third-order valence-electron chi connectivity index (χ3n) is 7.66. The van der Waals surface area contributed by atoms with Crippen LogP contribution in [-0.2, 0) is 27.2 Å². The Labute approximate surface area is 246 Å². The molecule has 0 unspecified atom stereocenters. The predicted octanol–water partition coefficient (Wildman–Crippen LogP) is 5.10. The Bertz CT molecular complexity index is 1420. The first kappa shape index (κ1) is 28.7. The van der Waals surface area contributed by atoms with Gasteiger partial charge in [0.05, 0.1) is 26.2 Å². The Morgan fingerprint density at radius 3 is 2.59 bits per heavy atom. The fourth-order valence-electron chi connectivity index (χ4n) is 5.55. The smallest absolute Gasteiger partial charge is 0.310 e. The molecule has 0 aliphatic carbocycles. The standard InChI is InChI=1S/C33H35ClN2O5/c1-22(37)36-19-27-18-29(24-12-10-23(11-13-24)14-15-40-28-8-5-7-26(34)17-28)30(31(20-36)35-27)21-41-33(38)16-25-6-3-4-9-32(25)39-2/h3-13,17,27,31,35H,14-16,18-21H2,1-2H3/t27-,31-/m1/s1. The second kappa shape index (κ2) is 13.2. The highest BCUT2D eigenvalue weighted by atomic mass is 35.5. The highest BCUT2D eigenvalue weighted by molar-refractivity contribution is 6.30. The minimum absolute atomic E-state index is 0.0572. The molecule has 8 heteroatoms. The van der Waals surface area contributed by atoms with Crippen LogP contribution < -0.4 is 14.8 Å². The Kier molecular flexibility index (Phi) is 9.27. The van der Waals surface area contributed by atoms with Crippen molar-refractivity contribution in [1.82, 2.24) is 10.2 Å². The highest BCUT2D eigenvalue weighted by Crippen LogP contribution is 2.33. The van der Waals surface area contributed by atoms with E-state index in [1.807, 2.05) is 53.4 Å². The molecule has 1 fully saturated rings. The zero-order chi connectivity index (χ0) is 28.8. The summed E-state index contributed by atoms with van der Waals surface area (Å²) in [7, 11) is 1.59. The molecule has 214 valence electrons. The van der Waals surface area contributed by atoms with E-state index in [1.54, 1.807) is 14.0 Å². The minimum Gasteiger partial charge on any atom is -0.496 e. The lowest BCUT2D eigenvalue weighted by Crippen LogP contribution is -2.60. The lowest BCUT2D eigenvalue weighted by Gasteiger charge is -2.44. The molecule has 3 aromatic carbocycles. The van der Waals surface area contributed by atoms with Crippen LogP contribution in [0.5, 0.6) is 11.5 Å². The third kappa shape index (κ3) is 7.29. The van der Waals surface area contributed by atoms with E-state index < -0.39 is 0 Å². The summed E-state index contributed by atoms with van der Waals surface area (Å²) in [4.78, 5) is 27.0. The number of nitrogens with one attached hydrogen (secondary N) is 1. The molecule has 0 radical (unpaired) electrons. The molecule has 2 aliphatic rings. The number of esters is 1. The largest absolute Gasteiger partial charge is 0.496 e. The van der Waals surface area contributed by atoms with E-state index in [2.05, 4.69) is 29.6 Å². The van der Waals surface area contributed by atoms with Crippen molar-refractivity contribution in [2.24, 2.45) is 0 Å². The molecule has 5 rings (SSSR count). The second-order valence-electron chi connectivity index (χ2n) is 10.5. The summed E-state index contributed by atoms with van der Waals surface area (Å²) in [6.45, 7) is 3.52. The van der Waals surface area contributed by atoms with E-state index in [0.29, 0.717) is 30.5 Å². The van der Waals surface area contributed by atoms with Crippen molar-refractivity contribution in [3.8, 4) is 11.5 Å². The maximum Gasteiger partial charge on any atom is 0.310 e. The first-order valence-corrected chi connectivity index (χ1v) is 14.3. The van der Waals surface area contributed by atoms with E-state index in [0.717, 1.165) is 40.9 Å². The van der Waals surface area contributed by atoms with Gasteiger partial charge in [0.2, 0.25) is 5.91 Å². The zero-order valence-corrected chi connectivity index (χ0v) is 24.2. The van der Waals surface area contributed by atoms with Crippen LogP contribution in [0.15, 0.2) is 78.4 Å². The van der Waals surface area contributed by atoms with Gasteiger partial charge in [0.1, 0.15) is 18.1 Å². The van der Waals surface area contributed by atoms with Gasteiger partial charge in [-0.2, -0.15) is 0 Å². The van der Waals surface area contributed by atoms with Gasteiger partial charge in [0, 0.05) is 43.1 Å². The molecule has 2 atom stereocenters. The van der Waals surface area contributed by atoms with Crippen LogP contribution in [0.3, 0.4) is 0 Å². The van der Waals surface area contributed by atoms with Gasteiger partial charge in [-0.25, -0.2) is 0 Å². The van der Waals surface area contributed by atoms with Crippen LogP contribution >= 0.6 is 11.6 Å². The van der Waals surface area contributed by atoms with Gasteiger partial charge in [-0.3, -0.25) is 9.59 Å². The molecule has 2 bridgehead atoms. The maximum atomic E-state index is 12.9. The summed E-state index contributed by atoms with van der Waals surface area (Å²) in [5.74, 6) is 1.15. The minimum atomic E-state index is -0.322. The molecule has 7 nitrogen and oxygen atoms in total. The molecule has 41 heavy (non-hydrogen) atoms. The average Bonchev–Trinajstić information content (AvgIpc) is 2.97. The van der Waals surface area contributed by atoms with Crippen molar-refractivity contribution in [1.29, 1.82) is 0 Å². The van der Waals surface area contributed by atoms with Gasteiger partial charge in [-0.1, -0.05) is 60.1 Å². The first-order valence-electron chi connectivity index (χ1n) is 13.9. The number of hydrogen-bond donors (Lipinski definition) is 1. The fraction of sp³-hybridized carbons (Fsp3) is 0.333. The summed E-state index contributed by atoms with van der Waals surface area (Å²) in [5, 5.41) is 4.30. The molecule has 3 aromatic rings. The van der Waals surface area contributed by atoms with E-state index in [4.69, 9.17) is 25.8 Å². The maximum absolute atomic E-state index is 12.9. The number of para-hydroxylation sites is 1. The van der Waals surface area contributed by atoms with E-state index in [-0.39, 0.29) is 37.0 Å². The molecule has 0 spiro atoms. The van der Waals surface area contributed by atoms with Crippen molar-refractivity contribution in [2.75, 3.05) is 33.4 Å². The van der Waals surface area contributed by atoms with Crippen molar-refractivity contribution < 1.29 is 23.8 Å². The van der Waals surface area contributed by atoms with Crippen LogP contribution in [0.25, 0.3) is 5.57 Å². The van der Waals surface area contributed by atoms with Crippen LogP contribution in [0.1, 0.15) is 30.0 Å². The average molecular weight is 575 g/mol. The van der Waals surface area contributed by atoms with Gasteiger partial charge in [0.25, 0.3) is 0 Å². The third-order valence-corrected chi connectivity index (χ3v) is 7.89. The second-order valence-corrected chi connectivity index (χ2v) is 10.9. The molecule has 2 heterocycles. The molecule has 0 saturated carbocycles. The summed E-state index contributed by atoms with van der Waals surface area (Å²) in [6.07, 6.45) is 1.63. The summed E-state index contributed by atoms with van der Waals surface area (Å²) in [5.41, 5.74) is 5.24. The number of fused-ring (bicyclic) bond motifs is 2. The number of amides is 1. The molecule has 0 aromatic heterocycles. The Hall–Kier alpha value is -3.81. The van der Waals surface area contributed by atoms with Crippen molar-refractivity contribution >= 4 is 29.1 Å². The van der Waals surface area contributed by atoms with Crippen molar-refractivity contribution in [2.45, 2.75) is 38.3 Å². The zero-order valence-electron chi connectivity index (χ0n) is 23.4. The molecule has 1 N–H and O–H groups in total. The molecular formula is C33H35ClN2O5. The van der Waals surface area contributed by atoms with Gasteiger partial charge < -0.3 is 24.4 Å². The normalized spacial score (nSPS) is 18.2.